The molecule has 2 amide bonds. The third-order valence-electron chi connectivity index (χ3n) is 5.40. The minimum absolute atomic E-state index is 0.0276. The van der Waals surface area contributed by atoms with E-state index in [1.165, 1.54) is 0 Å². The first-order valence-electron chi connectivity index (χ1n) is 10.2. The van der Waals surface area contributed by atoms with Crippen molar-refractivity contribution in [3.8, 4) is 0 Å². The van der Waals surface area contributed by atoms with E-state index in [2.05, 4.69) is 5.32 Å². The van der Waals surface area contributed by atoms with E-state index in [9.17, 15) is 9.59 Å². The molecule has 0 aliphatic rings. The zero-order valence-corrected chi connectivity index (χ0v) is 19.8. The van der Waals surface area contributed by atoms with Gasteiger partial charge in [-0.25, -0.2) is 0 Å². The minimum atomic E-state index is -0.663. The molecule has 0 aliphatic heterocycles. The number of nitrogens with one attached hydrogen (secondary N) is 1. The van der Waals surface area contributed by atoms with E-state index in [0.717, 1.165) is 23.1 Å². The van der Waals surface area contributed by atoms with Crippen LogP contribution in [-0.2, 0) is 22.6 Å². The summed E-state index contributed by atoms with van der Waals surface area (Å²) in [5, 5.41) is 3.91. The van der Waals surface area contributed by atoms with E-state index in [1.54, 1.807) is 30.0 Å². The van der Waals surface area contributed by atoms with Crippen molar-refractivity contribution in [3.63, 3.8) is 0 Å². The van der Waals surface area contributed by atoms with Gasteiger partial charge in [0.25, 0.3) is 0 Å². The quantitative estimate of drug-likeness (QED) is 0.580. The van der Waals surface area contributed by atoms with Crippen LogP contribution >= 0.6 is 23.2 Å². The standard InChI is InChI=1S/C24H30Cl2N2O2/c1-6-17(4)27-24(30)18(5)28(14-20-21(25)8-7-9-22(20)26)23(29)13-19-12-15(2)10-11-16(19)3/h7-12,17-18H,6,13-14H2,1-5H3,(H,27,30). The molecule has 1 N–H and O–H groups in total. The molecular weight excluding hydrogens is 419 g/mol. The van der Waals surface area contributed by atoms with Gasteiger partial charge in [-0.15, -0.1) is 0 Å². The zero-order chi connectivity index (χ0) is 22.4. The second-order valence-corrected chi connectivity index (χ2v) is 8.64. The highest BCUT2D eigenvalue weighted by Gasteiger charge is 2.28. The molecule has 2 rings (SSSR count). The van der Waals surface area contributed by atoms with Gasteiger partial charge in [0, 0.05) is 28.2 Å². The molecule has 30 heavy (non-hydrogen) atoms. The topological polar surface area (TPSA) is 49.4 Å². The second kappa shape index (κ2) is 10.8. The first-order chi connectivity index (χ1) is 14.1. The number of carbonyl (C=O) groups excluding carboxylic acids is 2. The first-order valence-corrected chi connectivity index (χ1v) is 11.0. The van der Waals surface area contributed by atoms with Crippen LogP contribution in [-0.4, -0.2) is 28.8 Å². The van der Waals surface area contributed by atoms with Crippen molar-refractivity contribution < 1.29 is 9.59 Å². The number of aryl methyl sites for hydroxylation is 2. The lowest BCUT2D eigenvalue weighted by Crippen LogP contribution is -2.50. The lowest BCUT2D eigenvalue weighted by molar-refractivity contribution is -0.140. The Labute approximate surface area is 189 Å². The van der Waals surface area contributed by atoms with E-state index < -0.39 is 6.04 Å². The molecule has 2 unspecified atom stereocenters. The molecule has 0 heterocycles. The fraction of sp³-hybridized carbons (Fsp3) is 0.417. The average Bonchev–Trinajstić information content (AvgIpc) is 2.69. The zero-order valence-electron chi connectivity index (χ0n) is 18.3. The van der Waals surface area contributed by atoms with E-state index >= 15 is 0 Å². The van der Waals surface area contributed by atoms with Crippen LogP contribution in [0.25, 0.3) is 0 Å². The molecular formula is C24H30Cl2N2O2. The number of hydrogen-bond donors (Lipinski definition) is 1. The third kappa shape index (κ3) is 6.23. The van der Waals surface area contributed by atoms with Gasteiger partial charge in [-0.1, -0.05) is 60.0 Å². The predicted octanol–water partition coefficient (Wildman–Crippen LogP) is 5.48. The normalized spacial score (nSPS) is 12.9. The average molecular weight is 449 g/mol. The molecule has 2 aromatic rings. The number of rotatable bonds is 8. The van der Waals surface area contributed by atoms with Gasteiger partial charge in [-0.2, -0.15) is 0 Å². The highest BCUT2D eigenvalue weighted by molar-refractivity contribution is 6.36. The van der Waals surface area contributed by atoms with Gasteiger partial charge in [0.2, 0.25) is 11.8 Å². The van der Waals surface area contributed by atoms with Gasteiger partial charge in [-0.3, -0.25) is 9.59 Å². The fourth-order valence-corrected chi connectivity index (χ4v) is 3.67. The molecule has 0 spiro atoms. The van der Waals surface area contributed by atoms with E-state index in [1.807, 2.05) is 45.9 Å². The Morgan fingerprint density at radius 2 is 1.70 bits per heavy atom. The molecule has 4 nitrogen and oxygen atoms in total. The molecule has 0 aliphatic carbocycles. The SMILES string of the molecule is CCC(C)NC(=O)C(C)N(Cc1c(Cl)cccc1Cl)C(=O)Cc1cc(C)ccc1C. The van der Waals surface area contributed by atoms with Crippen LogP contribution in [0.1, 0.15) is 49.4 Å². The predicted molar refractivity (Wildman–Crippen MR) is 124 cm³/mol. The van der Waals surface area contributed by atoms with Crippen LogP contribution < -0.4 is 5.32 Å². The van der Waals surface area contributed by atoms with Crippen molar-refractivity contribution in [1.29, 1.82) is 0 Å². The maximum Gasteiger partial charge on any atom is 0.242 e. The molecule has 0 saturated carbocycles. The van der Waals surface area contributed by atoms with E-state index in [-0.39, 0.29) is 30.8 Å². The largest absolute Gasteiger partial charge is 0.352 e. The van der Waals surface area contributed by atoms with Crippen LogP contribution in [0, 0.1) is 13.8 Å². The molecule has 0 aromatic heterocycles. The van der Waals surface area contributed by atoms with Crippen molar-refractivity contribution in [1.82, 2.24) is 10.2 Å². The number of benzene rings is 2. The van der Waals surface area contributed by atoms with Crippen LogP contribution in [0.4, 0.5) is 0 Å². The van der Waals surface area contributed by atoms with Gasteiger partial charge in [-0.05, 0) is 57.4 Å². The Kier molecular flexibility index (Phi) is 8.75. The number of carbonyl (C=O) groups is 2. The molecule has 0 fully saturated rings. The number of hydrogen-bond acceptors (Lipinski definition) is 2. The highest BCUT2D eigenvalue weighted by Crippen LogP contribution is 2.27. The van der Waals surface area contributed by atoms with Crippen molar-refractivity contribution in [2.45, 2.75) is 66.1 Å². The Balaban J connectivity index is 2.35. The number of amides is 2. The van der Waals surface area contributed by atoms with Crippen LogP contribution in [0.2, 0.25) is 10.0 Å². The summed E-state index contributed by atoms with van der Waals surface area (Å²) < 4.78 is 0. The van der Waals surface area contributed by atoms with E-state index in [4.69, 9.17) is 23.2 Å². The maximum absolute atomic E-state index is 13.4. The van der Waals surface area contributed by atoms with E-state index in [0.29, 0.717) is 15.6 Å². The molecule has 0 saturated heterocycles. The Hall–Kier alpha value is -2.04. The molecule has 0 bridgehead atoms. The smallest absolute Gasteiger partial charge is 0.242 e. The Morgan fingerprint density at radius 1 is 1.07 bits per heavy atom. The van der Waals surface area contributed by atoms with Crippen LogP contribution in [0.5, 0.6) is 0 Å². The summed E-state index contributed by atoms with van der Waals surface area (Å²) in [6.07, 6.45) is 1.02. The molecule has 0 radical (unpaired) electrons. The maximum atomic E-state index is 13.4. The monoisotopic (exact) mass is 448 g/mol. The van der Waals surface area contributed by atoms with Gasteiger partial charge in [0.05, 0.1) is 6.42 Å². The van der Waals surface area contributed by atoms with Crippen molar-refractivity contribution in [2.75, 3.05) is 0 Å². The van der Waals surface area contributed by atoms with Gasteiger partial charge >= 0.3 is 0 Å². The first kappa shape index (κ1) is 24.2. The molecule has 6 heteroatoms. The van der Waals surface area contributed by atoms with Gasteiger partial charge in [0.1, 0.15) is 6.04 Å². The number of nitrogens with zero attached hydrogens (tertiary/aromatic N) is 1. The summed E-state index contributed by atoms with van der Waals surface area (Å²) in [7, 11) is 0. The Bertz CT molecular complexity index is 894. The van der Waals surface area contributed by atoms with Crippen molar-refractivity contribution in [2.24, 2.45) is 0 Å². The minimum Gasteiger partial charge on any atom is -0.352 e. The van der Waals surface area contributed by atoms with Crippen LogP contribution in [0.15, 0.2) is 36.4 Å². The molecule has 2 aromatic carbocycles. The van der Waals surface area contributed by atoms with Gasteiger partial charge < -0.3 is 10.2 Å². The summed E-state index contributed by atoms with van der Waals surface area (Å²) in [5.41, 5.74) is 3.72. The third-order valence-corrected chi connectivity index (χ3v) is 6.11. The summed E-state index contributed by atoms with van der Waals surface area (Å²) >= 11 is 12.7. The fourth-order valence-electron chi connectivity index (χ4n) is 3.16. The molecule has 162 valence electrons. The van der Waals surface area contributed by atoms with Crippen molar-refractivity contribution in [3.05, 3.63) is 68.7 Å². The second-order valence-electron chi connectivity index (χ2n) is 7.82. The van der Waals surface area contributed by atoms with Crippen LogP contribution in [0.3, 0.4) is 0 Å². The number of halogens is 2. The summed E-state index contributed by atoms with van der Waals surface area (Å²) in [4.78, 5) is 27.7. The van der Waals surface area contributed by atoms with Gasteiger partial charge in [0.15, 0.2) is 0 Å². The summed E-state index contributed by atoms with van der Waals surface area (Å²) in [6, 6.07) is 10.6. The van der Waals surface area contributed by atoms with Crippen molar-refractivity contribution >= 4 is 35.0 Å². The molecule has 2 atom stereocenters. The summed E-state index contributed by atoms with van der Waals surface area (Å²) in [6.45, 7) is 9.83. The lowest BCUT2D eigenvalue weighted by atomic mass is 10.0. The highest BCUT2D eigenvalue weighted by atomic mass is 35.5. The lowest BCUT2D eigenvalue weighted by Gasteiger charge is -2.30. The summed E-state index contributed by atoms with van der Waals surface area (Å²) in [5.74, 6) is -0.340. The Morgan fingerprint density at radius 3 is 2.30 bits per heavy atom.